The number of carbonyl (C=O) groups excluding carboxylic acids is 1. The Labute approximate surface area is 137 Å². The van der Waals surface area contributed by atoms with Crippen LogP contribution in [0.2, 0.25) is 0 Å². The molecule has 0 spiro atoms. The lowest BCUT2D eigenvalue weighted by molar-refractivity contribution is -0.117. The van der Waals surface area contributed by atoms with Gasteiger partial charge in [-0.1, -0.05) is 30.3 Å². The molecule has 2 fully saturated rings. The lowest BCUT2D eigenvalue weighted by atomic mass is 10.1. The van der Waals surface area contributed by atoms with Crippen LogP contribution in [0, 0.1) is 0 Å². The average Bonchev–Trinajstić information content (AvgIpc) is 3.14. The number of benzene rings is 1. The van der Waals surface area contributed by atoms with Gasteiger partial charge in [-0.25, -0.2) is 8.42 Å². The first-order valence-electron chi connectivity index (χ1n) is 8.02. The van der Waals surface area contributed by atoms with Crippen molar-refractivity contribution in [1.29, 1.82) is 0 Å². The molecule has 0 aromatic heterocycles. The summed E-state index contributed by atoms with van der Waals surface area (Å²) in [6.45, 7) is 1.85. The highest BCUT2D eigenvalue weighted by atomic mass is 32.2. The maximum atomic E-state index is 12.1. The maximum Gasteiger partial charge on any atom is 0.244 e. The van der Waals surface area contributed by atoms with Crippen molar-refractivity contribution in [2.75, 3.05) is 24.6 Å². The Kier molecular flexibility index (Phi) is 4.82. The van der Waals surface area contributed by atoms with Crippen LogP contribution in [0.25, 0.3) is 6.08 Å². The van der Waals surface area contributed by atoms with Crippen LogP contribution in [0.15, 0.2) is 36.4 Å². The van der Waals surface area contributed by atoms with Crippen molar-refractivity contribution in [2.24, 2.45) is 0 Å². The van der Waals surface area contributed by atoms with Gasteiger partial charge in [-0.2, -0.15) is 0 Å². The first-order valence-corrected chi connectivity index (χ1v) is 9.84. The van der Waals surface area contributed by atoms with E-state index in [1.54, 1.807) is 6.08 Å². The number of likely N-dealkylation sites (tertiary alicyclic amines) is 1. The van der Waals surface area contributed by atoms with E-state index < -0.39 is 9.84 Å². The normalized spacial score (nSPS) is 27.5. The van der Waals surface area contributed by atoms with Gasteiger partial charge in [-0.3, -0.25) is 9.69 Å². The van der Waals surface area contributed by atoms with Crippen molar-refractivity contribution in [3.8, 4) is 0 Å². The van der Waals surface area contributed by atoms with E-state index in [0.717, 1.165) is 31.5 Å². The third-order valence-corrected chi connectivity index (χ3v) is 6.20. The van der Waals surface area contributed by atoms with Gasteiger partial charge in [0.1, 0.15) is 0 Å². The third-order valence-electron chi connectivity index (χ3n) is 4.49. The van der Waals surface area contributed by atoms with Gasteiger partial charge in [0.2, 0.25) is 5.91 Å². The van der Waals surface area contributed by atoms with Crippen LogP contribution >= 0.6 is 0 Å². The molecule has 2 aliphatic heterocycles. The fourth-order valence-corrected chi connectivity index (χ4v) is 5.32. The van der Waals surface area contributed by atoms with Gasteiger partial charge >= 0.3 is 0 Å². The molecule has 2 saturated heterocycles. The Balaban J connectivity index is 1.65. The van der Waals surface area contributed by atoms with Crippen molar-refractivity contribution < 1.29 is 13.2 Å². The Morgan fingerprint density at radius 3 is 2.52 bits per heavy atom. The van der Waals surface area contributed by atoms with E-state index >= 15 is 0 Å². The lowest BCUT2D eigenvalue weighted by Crippen LogP contribution is -2.49. The fourth-order valence-electron chi connectivity index (χ4n) is 3.37. The van der Waals surface area contributed by atoms with Gasteiger partial charge in [-0.15, -0.1) is 0 Å². The first-order chi connectivity index (χ1) is 11.0. The summed E-state index contributed by atoms with van der Waals surface area (Å²) in [6.07, 6.45) is 5.42. The molecule has 0 bridgehead atoms. The number of nitrogens with zero attached hydrogens (tertiary/aromatic N) is 1. The van der Waals surface area contributed by atoms with Crippen LogP contribution in [-0.4, -0.2) is 55.9 Å². The number of hydrogen-bond acceptors (Lipinski definition) is 4. The molecule has 0 saturated carbocycles. The summed E-state index contributed by atoms with van der Waals surface area (Å²) in [5.41, 5.74) is 0.942. The molecule has 1 N–H and O–H groups in total. The number of amides is 1. The van der Waals surface area contributed by atoms with E-state index in [2.05, 4.69) is 10.2 Å². The van der Waals surface area contributed by atoms with E-state index in [1.807, 2.05) is 30.3 Å². The number of carbonyl (C=O) groups is 1. The summed E-state index contributed by atoms with van der Waals surface area (Å²) in [6, 6.07) is 9.16. The van der Waals surface area contributed by atoms with Gasteiger partial charge in [0.25, 0.3) is 0 Å². The van der Waals surface area contributed by atoms with Crippen molar-refractivity contribution in [2.45, 2.75) is 24.9 Å². The summed E-state index contributed by atoms with van der Waals surface area (Å²) in [4.78, 5) is 14.3. The van der Waals surface area contributed by atoms with E-state index in [4.69, 9.17) is 0 Å². The molecule has 0 aliphatic carbocycles. The van der Waals surface area contributed by atoms with Crippen LogP contribution in [-0.2, 0) is 14.6 Å². The second kappa shape index (κ2) is 6.84. The highest BCUT2D eigenvalue weighted by Gasteiger charge is 2.42. The van der Waals surface area contributed by atoms with Gasteiger partial charge in [0, 0.05) is 12.1 Å². The SMILES string of the molecule is O=C(/C=C/c1ccccc1)N[C@@H]1CS(=O)(=O)C[C@H]1N1CCCC1. The average molecular weight is 334 g/mol. The molecule has 23 heavy (non-hydrogen) atoms. The predicted molar refractivity (Wildman–Crippen MR) is 90.7 cm³/mol. The zero-order chi connectivity index (χ0) is 16.3. The third kappa shape index (κ3) is 4.20. The number of sulfone groups is 1. The minimum absolute atomic E-state index is 0.0408. The largest absolute Gasteiger partial charge is 0.347 e. The van der Waals surface area contributed by atoms with Crippen LogP contribution in [0.3, 0.4) is 0 Å². The van der Waals surface area contributed by atoms with E-state index in [-0.39, 0.29) is 29.5 Å². The quantitative estimate of drug-likeness (QED) is 0.837. The Bertz CT molecular complexity index is 679. The zero-order valence-corrected chi connectivity index (χ0v) is 13.8. The zero-order valence-electron chi connectivity index (χ0n) is 13.0. The molecule has 0 unspecified atom stereocenters. The van der Waals surface area contributed by atoms with Crippen molar-refractivity contribution in [3.05, 3.63) is 42.0 Å². The van der Waals surface area contributed by atoms with Gasteiger partial charge in [0.05, 0.1) is 17.5 Å². The minimum atomic E-state index is -3.08. The number of rotatable bonds is 4. The molecule has 1 amide bonds. The molecular formula is C17H22N2O3S. The highest BCUT2D eigenvalue weighted by Crippen LogP contribution is 2.22. The second-order valence-corrected chi connectivity index (χ2v) is 8.40. The van der Waals surface area contributed by atoms with E-state index in [0.29, 0.717) is 0 Å². The molecule has 6 heteroatoms. The lowest BCUT2D eigenvalue weighted by Gasteiger charge is -2.28. The Morgan fingerprint density at radius 1 is 1.13 bits per heavy atom. The molecule has 124 valence electrons. The van der Waals surface area contributed by atoms with E-state index in [1.165, 1.54) is 6.08 Å². The van der Waals surface area contributed by atoms with Gasteiger partial charge < -0.3 is 5.32 Å². The monoisotopic (exact) mass is 334 g/mol. The number of hydrogen-bond donors (Lipinski definition) is 1. The molecular weight excluding hydrogens is 312 g/mol. The molecule has 2 atom stereocenters. The first kappa shape index (κ1) is 16.2. The van der Waals surface area contributed by atoms with Crippen LogP contribution in [0.4, 0.5) is 0 Å². The molecule has 1 aromatic carbocycles. The molecule has 3 rings (SSSR count). The Hall–Kier alpha value is -1.66. The van der Waals surface area contributed by atoms with Crippen LogP contribution in [0.5, 0.6) is 0 Å². The van der Waals surface area contributed by atoms with Crippen LogP contribution < -0.4 is 5.32 Å². The molecule has 2 aliphatic rings. The smallest absolute Gasteiger partial charge is 0.244 e. The van der Waals surface area contributed by atoms with Gasteiger partial charge in [-0.05, 0) is 37.6 Å². The summed E-state index contributed by atoms with van der Waals surface area (Å²) >= 11 is 0. The van der Waals surface area contributed by atoms with Crippen LogP contribution in [0.1, 0.15) is 18.4 Å². The molecule has 1 aromatic rings. The minimum Gasteiger partial charge on any atom is -0.347 e. The predicted octanol–water partition coefficient (Wildman–Crippen LogP) is 1.08. The van der Waals surface area contributed by atoms with Crippen molar-refractivity contribution in [1.82, 2.24) is 10.2 Å². The maximum absolute atomic E-state index is 12.1. The Morgan fingerprint density at radius 2 is 1.83 bits per heavy atom. The second-order valence-electron chi connectivity index (χ2n) is 6.25. The fraction of sp³-hybridized carbons (Fsp3) is 0.471. The standard InChI is InChI=1S/C17H22N2O3S/c20-17(9-8-14-6-2-1-3-7-14)18-15-12-23(21,22)13-16(15)19-10-4-5-11-19/h1-3,6-9,15-16H,4-5,10-13H2,(H,18,20)/b9-8+/t15-,16-/m1/s1. The summed E-state index contributed by atoms with van der Waals surface area (Å²) < 4.78 is 23.9. The van der Waals surface area contributed by atoms with Crippen molar-refractivity contribution >= 4 is 21.8 Å². The molecule has 5 nitrogen and oxygen atoms in total. The van der Waals surface area contributed by atoms with Gasteiger partial charge in [0.15, 0.2) is 9.84 Å². The highest BCUT2D eigenvalue weighted by molar-refractivity contribution is 7.91. The number of nitrogens with one attached hydrogen (secondary N) is 1. The summed E-state index contributed by atoms with van der Waals surface area (Å²) in [5.74, 6) is -0.0421. The summed E-state index contributed by atoms with van der Waals surface area (Å²) in [5, 5.41) is 2.89. The summed E-state index contributed by atoms with van der Waals surface area (Å²) in [7, 11) is -3.08. The topological polar surface area (TPSA) is 66.5 Å². The van der Waals surface area contributed by atoms with E-state index in [9.17, 15) is 13.2 Å². The molecule has 2 heterocycles. The molecule has 0 radical (unpaired) electrons. The van der Waals surface area contributed by atoms with Crippen molar-refractivity contribution in [3.63, 3.8) is 0 Å².